The minimum atomic E-state index is -1.16. The molecule has 1 aliphatic carbocycles. The number of allylic oxidation sites excluding steroid dienone is 3. The predicted octanol–water partition coefficient (Wildman–Crippen LogP) is 4.87. The van der Waals surface area contributed by atoms with Gasteiger partial charge in [-0.15, -0.1) is 0 Å². The highest BCUT2D eigenvalue weighted by Gasteiger charge is 2.43. The van der Waals surface area contributed by atoms with E-state index in [4.69, 9.17) is 18.9 Å². The van der Waals surface area contributed by atoms with Gasteiger partial charge in [-0.3, -0.25) is 4.79 Å². The summed E-state index contributed by atoms with van der Waals surface area (Å²) in [6, 6.07) is 8.00. The minimum absolute atomic E-state index is 0.0252. The number of Topliss-reactive ketones (excluding diaryl/α,β-unsaturated/α-hetero) is 1. The number of rotatable bonds is 6. The van der Waals surface area contributed by atoms with E-state index in [1.807, 2.05) is 30.5 Å². The first-order valence-electron chi connectivity index (χ1n) is 14.3. The molecule has 1 fully saturated rings. The number of nitrogens with one attached hydrogen (secondary N) is 1. The van der Waals surface area contributed by atoms with Gasteiger partial charge < -0.3 is 34.1 Å². The normalized spacial score (nSPS) is 21.8. The molecule has 1 saturated carbocycles. The highest BCUT2D eigenvalue weighted by atomic mass is 16.6. The molecule has 0 radical (unpaired) electrons. The van der Waals surface area contributed by atoms with Crippen molar-refractivity contribution in [2.24, 2.45) is 0 Å². The van der Waals surface area contributed by atoms with E-state index in [0.29, 0.717) is 59.4 Å². The van der Waals surface area contributed by atoms with Crippen molar-refractivity contribution < 1.29 is 38.7 Å². The summed E-state index contributed by atoms with van der Waals surface area (Å²) in [6.07, 6.45) is 4.62. The van der Waals surface area contributed by atoms with Gasteiger partial charge in [0, 0.05) is 36.0 Å². The number of aliphatic hydroxyl groups excluding tert-OH is 1. The van der Waals surface area contributed by atoms with E-state index in [-0.39, 0.29) is 29.8 Å². The first-order chi connectivity index (χ1) is 20.1. The average Bonchev–Trinajstić information content (AvgIpc) is 3.63. The Balaban J connectivity index is 1.54. The van der Waals surface area contributed by atoms with Crippen LogP contribution < -0.4 is 14.2 Å². The average molecular weight is 574 g/mol. The fourth-order valence-corrected chi connectivity index (χ4v) is 6.28. The number of ketones is 1. The highest BCUT2D eigenvalue weighted by Crippen LogP contribution is 2.55. The first-order valence-corrected chi connectivity index (χ1v) is 14.3. The smallest absolute Gasteiger partial charge is 0.374 e. The molecule has 2 atom stereocenters. The second-order valence-electron chi connectivity index (χ2n) is 11.5. The summed E-state index contributed by atoms with van der Waals surface area (Å²) in [4.78, 5) is 29.5. The molecule has 2 aliphatic heterocycles. The zero-order valence-electron chi connectivity index (χ0n) is 24.2. The zero-order chi connectivity index (χ0) is 29.8. The summed E-state index contributed by atoms with van der Waals surface area (Å²) in [5.41, 5.74) is 4.13. The molecule has 220 valence electrons. The highest BCUT2D eigenvalue weighted by molar-refractivity contribution is 5.98. The Morgan fingerprint density at radius 3 is 2.69 bits per heavy atom. The number of aromatic amines is 1. The van der Waals surface area contributed by atoms with Gasteiger partial charge in [0.05, 0.1) is 37.1 Å². The first kappa shape index (κ1) is 28.1. The van der Waals surface area contributed by atoms with Crippen LogP contribution in [0.5, 0.6) is 17.2 Å². The van der Waals surface area contributed by atoms with Crippen LogP contribution in [0.2, 0.25) is 0 Å². The summed E-state index contributed by atoms with van der Waals surface area (Å²) >= 11 is 0. The molecule has 2 aromatic carbocycles. The van der Waals surface area contributed by atoms with Crippen LogP contribution in [-0.4, -0.2) is 52.4 Å². The Bertz CT molecular complexity index is 1650. The summed E-state index contributed by atoms with van der Waals surface area (Å²) in [6.45, 7) is 4.79. The molecule has 3 N–H and O–H groups in total. The van der Waals surface area contributed by atoms with Crippen LogP contribution in [0.15, 0.2) is 47.9 Å². The van der Waals surface area contributed by atoms with Gasteiger partial charge in [0.1, 0.15) is 29.1 Å². The Labute approximate surface area is 243 Å². The van der Waals surface area contributed by atoms with Gasteiger partial charge in [-0.1, -0.05) is 11.6 Å². The molecular formula is C33H35NO8. The molecule has 9 heteroatoms. The van der Waals surface area contributed by atoms with Gasteiger partial charge in [-0.05, 0) is 74.4 Å². The number of aromatic nitrogens is 1. The number of hydrogen-bond acceptors (Lipinski definition) is 8. The lowest BCUT2D eigenvalue weighted by molar-refractivity contribution is -0.141. The lowest BCUT2D eigenvalue weighted by Gasteiger charge is -2.30. The number of esters is 1. The van der Waals surface area contributed by atoms with E-state index >= 15 is 0 Å². The number of fused-ring (bicyclic) bond motifs is 3. The van der Waals surface area contributed by atoms with E-state index in [1.54, 1.807) is 34.0 Å². The Hall–Kier alpha value is -4.08. The maximum atomic E-state index is 13.3. The maximum Gasteiger partial charge on any atom is 0.374 e. The molecule has 0 saturated heterocycles. The van der Waals surface area contributed by atoms with E-state index in [2.05, 4.69) is 4.98 Å². The molecule has 2 unspecified atom stereocenters. The monoisotopic (exact) mass is 573 g/mol. The number of hydrogen-bond donors (Lipinski definition) is 3. The zero-order valence-corrected chi connectivity index (χ0v) is 24.2. The third-order valence-corrected chi connectivity index (χ3v) is 8.46. The molecule has 9 nitrogen and oxygen atoms in total. The van der Waals surface area contributed by atoms with Crippen molar-refractivity contribution >= 4 is 28.2 Å². The summed E-state index contributed by atoms with van der Waals surface area (Å²) in [7, 11) is 1.55. The quantitative estimate of drug-likeness (QED) is 0.357. The van der Waals surface area contributed by atoms with Crippen LogP contribution in [0.3, 0.4) is 0 Å². The number of aliphatic hydroxyl groups is 2. The lowest BCUT2D eigenvalue weighted by Crippen LogP contribution is -2.39. The maximum absolute atomic E-state index is 13.3. The molecule has 42 heavy (non-hydrogen) atoms. The number of carbonyl (C=O) groups is 2. The standard InChI is InChI=1S/C33H35NO8/c1-5-40-32(37)26-14-21(18-7-9-25(36)20(13-18)17-6-8-24-19(12-17)10-11-34-24)28-30(39-4)22-15-27(33(2,3)38)42-29(22)23(16-35)31(28)41-26/h6,8,10-12,14,20,27,34-35,38H,5,7,9,13,15-16H2,1-4H3. The van der Waals surface area contributed by atoms with Gasteiger partial charge in [0.15, 0.2) is 0 Å². The Morgan fingerprint density at radius 2 is 1.98 bits per heavy atom. The van der Waals surface area contributed by atoms with Crippen molar-refractivity contribution in [2.45, 2.75) is 70.7 Å². The molecule has 1 aromatic heterocycles. The third-order valence-electron chi connectivity index (χ3n) is 8.46. The van der Waals surface area contributed by atoms with Crippen molar-refractivity contribution in [2.75, 3.05) is 13.7 Å². The number of benzene rings is 2. The predicted molar refractivity (Wildman–Crippen MR) is 155 cm³/mol. The van der Waals surface area contributed by atoms with E-state index < -0.39 is 24.3 Å². The molecular weight excluding hydrogens is 538 g/mol. The van der Waals surface area contributed by atoms with Gasteiger partial charge in [0.25, 0.3) is 0 Å². The minimum Gasteiger partial charge on any atom is -0.496 e. The summed E-state index contributed by atoms with van der Waals surface area (Å²) in [5.74, 6) is 0.268. The number of ether oxygens (including phenoxy) is 4. The number of carbonyl (C=O) groups excluding carboxylic acids is 2. The Kier molecular flexibility index (Phi) is 7.11. The summed E-state index contributed by atoms with van der Waals surface area (Å²) in [5, 5.41) is 22.4. The third kappa shape index (κ3) is 4.66. The lowest BCUT2D eigenvalue weighted by atomic mass is 9.76. The van der Waals surface area contributed by atoms with Crippen molar-refractivity contribution in [3.8, 4) is 17.2 Å². The van der Waals surface area contributed by atoms with Gasteiger partial charge in [0.2, 0.25) is 5.76 Å². The molecule has 0 spiro atoms. The SMILES string of the molecule is CCOC(=O)C1=CC(=C2CCC(=O)C(c3ccc4[nH]ccc4c3)C2)c2c(OC)c3c(c(CO)c2O1)OC(C(C)(C)O)C3. The van der Waals surface area contributed by atoms with Crippen LogP contribution in [-0.2, 0) is 27.4 Å². The van der Waals surface area contributed by atoms with Crippen LogP contribution >= 0.6 is 0 Å². The second kappa shape index (κ2) is 10.6. The van der Waals surface area contributed by atoms with Crippen LogP contribution in [0, 0.1) is 0 Å². The van der Waals surface area contributed by atoms with Crippen molar-refractivity contribution in [3.63, 3.8) is 0 Å². The largest absolute Gasteiger partial charge is 0.496 e. The summed E-state index contributed by atoms with van der Waals surface area (Å²) < 4.78 is 23.6. The molecule has 0 amide bonds. The fraction of sp³-hybridized carbons (Fsp3) is 0.394. The number of methoxy groups -OCH3 is 1. The second-order valence-corrected chi connectivity index (χ2v) is 11.5. The van der Waals surface area contributed by atoms with Gasteiger partial charge in [-0.25, -0.2) is 4.79 Å². The molecule has 3 heterocycles. The van der Waals surface area contributed by atoms with Crippen molar-refractivity contribution in [3.05, 3.63) is 70.1 Å². The van der Waals surface area contributed by atoms with Crippen molar-refractivity contribution in [1.82, 2.24) is 4.98 Å². The van der Waals surface area contributed by atoms with Crippen molar-refractivity contribution in [1.29, 1.82) is 0 Å². The molecule has 6 rings (SSSR count). The van der Waals surface area contributed by atoms with Crippen LogP contribution in [0.4, 0.5) is 0 Å². The van der Waals surface area contributed by atoms with Crippen LogP contribution in [0.1, 0.15) is 68.2 Å². The Morgan fingerprint density at radius 1 is 1.17 bits per heavy atom. The van der Waals surface area contributed by atoms with Gasteiger partial charge >= 0.3 is 5.97 Å². The van der Waals surface area contributed by atoms with Crippen LogP contribution in [0.25, 0.3) is 16.5 Å². The van der Waals surface area contributed by atoms with E-state index in [1.165, 1.54) is 0 Å². The number of H-pyrrole nitrogens is 1. The topological polar surface area (TPSA) is 127 Å². The fourth-order valence-electron chi connectivity index (χ4n) is 6.28. The van der Waals surface area contributed by atoms with E-state index in [0.717, 1.165) is 22.0 Å². The molecule has 3 aromatic rings. The van der Waals surface area contributed by atoms with E-state index in [9.17, 15) is 19.8 Å². The molecule has 0 bridgehead atoms. The van der Waals surface area contributed by atoms with Gasteiger partial charge in [-0.2, -0.15) is 0 Å². The molecule has 3 aliphatic rings.